The first-order chi connectivity index (χ1) is 8.30. The van der Waals surface area contributed by atoms with Crippen molar-refractivity contribution in [3.05, 3.63) is 0 Å². The molecule has 1 aliphatic heterocycles. The third-order valence-corrected chi connectivity index (χ3v) is 7.12. The maximum Gasteiger partial charge on any atom is 0.312 e. The summed E-state index contributed by atoms with van der Waals surface area (Å²) in [6.07, 6.45) is 0. The summed E-state index contributed by atoms with van der Waals surface area (Å²) in [6.45, 7) is 1.48. The van der Waals surface area contributed by atoms with Crippen LogP contribution < -0.4 is 0 Å². The van der Waals surface area contributed by atoms with E-state index >= 15 is 0 Å². The van der Waals surface area contributed by atoms with Crippen LogP contribution in [-0.2, 0) is 19.0 Å². The highest BCUT2D eigenvalue weighted by Crippen LogP contribution is 3.02. The molecule has 17 heavy (non-hydrogen) atoms. The summed E-state index contributed by atoms with van der Waals surface area (Å²) in [5.74, 6) is 4.01. The van der Waals surface area contributed by atoms with E-state index in [9.17, 15) is 4.79 Å². The highest BCUT2D eigenvalue weighted by Gasteiger charge is 3.06. The monoisotopic (exact) mass is 234 g/mol. The summed E-state index contributed by atoms with van der Waals surface area (Å²) >= 11 is 0. The van der Waals surface area contributed by atoms with Crippen LogP contribution in [0.25, 0.3) is 0 Å². The van der Waals surface area contributed by atoms with Crippen molar-refractivity contribution in [1.82, 2.24) is 0 Å². The van der Waals surface area contributed by atoms with E-state index in [0.717, 1.165) is 13.2 Å². The lowest BCUT2D eigenvalue weighted by Crippen LogP contribution is -2.90. The number of carbonyl (C=O) groups is 1. The lowest BCUT2D eigenvalue weighted by molar-refractivity contribution is -0.430. The van der Waals surface area contributed by atoms with Crippen LogP contribution in [0.1, 0.15) is 0 Å². The number of carbonyl (C=O) groups excluding carboxylic acids is 1. The fraction of sp³-hybridized carbons (Fsp3) is 0.923. The molecule has 6 saturated carbocycles. The second kappa shape index (κ2) is 1.95. The Labute approximate surface area is 98.6 Å². The zero-order chi connectivity index (χ0) is 11.2. The maximum absolute atomic E-state index is 12.0. The minimum atomic E-state index is -0.269. The summed E-state index contributed by atoms with van der Waals surface area (Å²) in [4.78, 5) is 12.0. The third kappa shape index (κ3) is 0.449. The number of methoxy groups -OCH3 is 1. The van der Waals surface area contributed by atoms with Crippen LogP contribution in [0.4, 0.5) is 0 Å². The highest BCUT2D eigenvalue weighted by molar-refractivity contribution is 5.86. The molecular formula is C13H14O4. The van der Waals surface area contributed by atoms with Gasteiger partial charge in [0.05, 0.1) is 25.7 Å². The zero-order valence-electron chi connectivity index (χ0n) is 9.59. The Hall–Kier alpha value is -0.610. The molecular weight excluding hydrogens is 220 g/mol. The van der Waals surface area contributed by atoms with Crippen molar-refractivity contribution in [3.63, 3.8) is 0 Å². The first-order valence-electron chi connectivity index (χ1n) is 6.66. The molecule has 7 fully saturated rings. The van der Waals surface area contributed by atoms with Gasteiger partial charge < -0.3 is 14.2 Å². The molecule has 1 spiro atoms. The van der Waals surface area contributed by atoms with E-state index in [1.807, 2.05) is 0 Å². The molecule has 8 atom stereocenters. The lowest BCUT2D eigenvalue weighted by atomic mass is 9.13. The normalized spacial score (nSPS) is 68.9. The molecule has 0 amide bonds. The number of hydrogen-bond donors (Lipinski definition) is 0. The van der Waals surface area contributed by atoms with Crippen LogP contribution in [-0.4, -0.2) is 32.1 Å². The quantitative estimate of drug-likeness (QED) is 0.611. The van der Waals surface area contributed by atoms with Gasteiger partial charge in [0.25, 0.3) is 0 Å². The number of ether oxygens (including phenoxy) is 3. The summed E-state index contributed by atoms with van der Waals surface area (Å²) in [5.41, 5.74) is -0.0793. The van der Waals surface area contributed by atoms with E-state index in [-0.39, 0.29) is 17.2 Å². The van der Waals surface area contributed by atoms with Gasteiger partial charge >= 0.3 is 5.97 Å². The van der Waals surface area contributed by atoms with Crippen LogP contribution >= 0.6 is 0 Å². The Kier molecular flexibility index (Phi) is 0.975. The second-order valence-corrected chi connectivity index (χ2v) is 6.63. The van der Waals surface area contributed by atoms with E-state index in [1.165, 1.54) is 7.11 Å². The van der Waals surface area contributed by atoms with Gasteiger partial charge in [-0.2, -0.15) is 0 Å². The molecule has 1 saturated heterocycles. The van der Waals surface area contributed by atoms with Gasteiger partial charge in [-0.25, -0.2) is 0 Å². The van der Waals surface area contributed by atoms with Gasteiger partial charge in [-0.3, -0.25) is 4.79 Å². The molecule has 0 aromatic heterocycles. The average Bonchev–Trinajstić information content (AvgIpc) is 2.85. The van der Waals surface area contributed by atoms with E-state index in [1.54, 1.807) is 0 Å². The second-order valence-electron chi connectivity index (χ2n) is 6.63. The fourth-order valence-electron chi connectivity index (χ4n) is 7.26. The fourth-order valence-corrected chi connectivity index (χ4v) is 7.26. The smallest absolute Gasteiger partial charge is 0.312 e. The standard InChI is InChI=1S/C13H14O4/c1-15-11(14)12-6-4-7-5(6)9(12)10(8(4)12)13(7)16-2-3-17-13/h4-10H,2-3H2,1H3/t4-,5+,6?,7?,8-,9-,10?,12?/m0/s1. The molecule has 0 aromatic carbocycles. The Morgan fingerprint density at radius 3 is 2.29 bits per heavy atom. The Morgan fingerprint density at radius 2 is 1.71 bits per heavy atom. The predicted octanol–water partition coefficient (Wildman–Crippen LogP) is 0.270. The van der Waals surface area contributed by atoms with Crippen LogP contribution in [0.5, 0.6) is 0 Å². The van der Waals surface area contributed by atoms with Crippen molar-refractivity contribution in [2.24, 2.45) is 46.8 Å². The van der Waals surface area contributed by atoms with E-state index in [2.05, 4.69) is 0 Å². The molecule has 4 heteroatoms. The molecule has 1 heterocycles. The van der Waals surface area contributed by atoms with Gasteiger partial charge in [-0.15, -0.1) is 0 Å². The van der Waals surface area contributed by atoms with E-state index < -0.39 is 0 Å². The molecule has 4 nitrogen and oxygen atoms in total. The molecule has 0 aromatic rings. The van der Waals surface area contributed by atoms with Crippen LogP contribution in [0.15, 0.2) is 0 Å². The Bertz CT molecular complexity index is 460. The number of rotatable bonds is 1. The topological polar surface area (TPSA) is 44.8 Å². The first-order valence-corrected chi connectivity index (χ1v) is 6.66. The summed E-state index contributed by atoms with van der Waals surface area (Å²) in [6, 6.07) is 0. The van der Waals surface area contributed by atoms with E-state index in [0.29, 0.717) is 41.4 Å². The number of hydrogen-bond acceptors (Lipinski definition) is 4. The average molecular weight is 234 g/mol. The molecule has 0 radical (unpaired) electrons. The first kappa shape index (κ1) is 8.48. The maximum atomic E-state index is 12.0. The summed E-state index contributed by atoms with van der Waals surface area (Å²) < 4.78 is 17.0. The SMILES string of the molecule is COC(=O)C12C3[C@H]4C5[C@@H]3[C@H]1C([C@H]42)C51OCCO1. The molecule has 4 unspecified atom stereocenters. The lowest BCUT2D eigenvalue weighted by Gasteiger charge is -2.88. The van der Waals surface area contributed by atoms with Crippen LogP contribution in [0.3, 0.4) is 0 Å². The molecule has 7 rings (SSSR count). The molecule has 2 bridgehead atoms. The molecule has 7 aliphatic rings. The van der Waals surface area contributed by atoms with Gasteiger partial charge in [0.2, 0.25) is 0 Å². The minimum absolute atomic E-state index is 0.0507. The molecule has 90 valence electrons. The van der Waals surface area contributed by atoms with Crippen molar-refractivity contribution < 1.29 is 19.0 Å². The Balaban J connectivity index is 1.50. The van der Waals surface area contributed by atoms with Crippen LogP contribution in [0.2, 0.25) is 0 Å². The van der Waals surface area contributed by atoms with Gasteiger partial charge in [-0.05, 0) is 29.6 Å². The molecule has 6 aliphatic carbocycles. The van der Waals surface area contributed by atoms with Crippen molar-refractivity contribution >= 4 is 5.97 Å². The Morgan fingerprint density at radius 1 is 1.06 bits per heavy atom. The van der Waals surface area contributed by atoms with Gasteiger partial charge in [0.15, 0.2) is 5.79 Å². The third-order valence-electron chi connectivity index (χ3n) is 7.12. The molecule has 0 N–H and O–H groups in total. The zero-order valence-corrected chi connectivity index (χ0v) is 9.59. The van der Waals surface area contributed by atoms with Crippen molar-refractivity contribution in [1.29, 1.82) is 0 Å². The van der Waals surface area contributed by atoms with Crippen LogP contribution in [0, 0.1) is 46.8 Å². The van der Waals surface area contributed by atoms with Gasteiger partial charge in [0.1, 0.15) is 0 Å². The van der Waals surface area contributed by atoms with Crippen molar-refractivity contribution in [2.45, 2.75) is 5.79 Å². The largest absolute Gasteiger partial charge is 0.469 e. The highest BCUT2D eigenvalue weighted by atomic mass is 16.7. The number of esters is 1. The minimum Gasteiger partial charge on any atom is -0.469 e. The van der Waals surface area contributed by atoms with Gasteiger partial charge in [-0.1, -0.05) is 0 Å². The van der Waals surface area contributed by atoms with E-state index in [4.69, 9.17) is 14.2 Å². The van der Waals surface area contributed by atoms with Gasteiger partial charge in [0, 0.05) is 11.8 Å². The van der Waals surface area contributed by atoms with Crippen molar-refractivity contribution in [2.75, 3.05) is 20.3 Å². The summed E-state index contributed by atoms with van der Waals surface area (Å²) in [7, 11) is 1.53. The summed E-state index contributed by atoms with van der Waals surface area (Å²) in [5, 5.41) is 0. The van der Waals surface area contributed by atoms with Crippen molar-refractivity contribution in [3.8, 4) is 0 Å². The predicted molar refractivity (Wildman–Crippen MR) is 53.5 cm³/mol.